The lowest BCUT2D eigenvalue weighted by atomic mass is 10.3. The molecule has 0 aliphatic rings. The lowest BCUT2D eigenvalue weighted by molar-refractivity contribution is -0.142. The fourth-order valence-corrected chi connectivity index (χ4v) is 1.80. The van der Waals surface area contributed by atoms with Gasteiger partial charge in [-0.1, -0.05) is 0 Å². The number of carbonyl (C=O) groups is 2. The third-order valence-electron chi connectivity index (χ3n) is 2.35. The average Bonchev–Trinajstić information content (AvgIpc) is 2.64. The molecule has 0 fully saturated rings. The molecule has 0 radical (unpaired) electrons. The first-order chi connectivity index (χ1) is 9.16. The smallest absolute Gasteiger partial charge is 0.436 e. The molecule has 0 aromatic carbocycles. The number of carbonyl (C=O) groups excluding carboxylic acids is 2. The number of nitrogens with one attached hydrogen (secondary N) is 1. The van der Waals surface area contributed by atoms with Crippen LogP contribution >= 0.6 is 15.9 Å². The molecule has 112 valence electrons. The second kappa shape index (κ2) is 6.25. The van der Waals surface area contributed by atoms with Gasteiger partial charge in [0.2, 0.25) is 5.91 Å². The second-order valence-corrected chi connectivity index (χ2v) is 4.55. The van der Waals surface area contributed by atoms with E-state index >= 15 is 0 Å². The summed E-state index contributed by atoms with van der Waals surface area (Å²) in [6.07, 6.45) is -4.61. The molecule has 0 unspecified atom stereocenters. The van der Waals surface area contributed by atoms with E-state index in [9.17, 15) is 22.8 Å². The van der Waals surface area contributed by atoms with Gasteiger partial charge in [0.1, 0.15) is 13.1 Å². The molecule has 0 bridgehead atoms. The Bertz CT molecular complexity index is 528. The maximum absolute atomic E-state index is 12.6. The fraction of sp³-hybridized carbons (Fsp3) is 0.500. The standard InChI is InChI=1S/C10H11BrF3N3O3/c1-5-8(11)9(10(12,13)14)16-17(5)4-6(18)15-3-7(19)20-2/h3-4H2,1-2H3,(H,15,18). The molecule has 1 N–H and O–H groups in total. The van der Waals surface area contributed by atoms with E-state index in [1.54, 1.807) is 0 Å². The van der Waals surface area contributed by atoms with E-state index in [4.69, 9.17) is 0 Å². The van der Waals surface area contributed by atoms with E-state index in [1.807, 2.05) is 0 Å². The number of esters is 1. The molecule has 0 saturated carbocycles. The van der Waals surface area contributed by atoms with Gasteiger partial charge in [-0.15, -0.1) is 0 Å². The third-order valence-corrected chi connectivity index (χ3v) is 3.30. The van der Waals surface area contributed by atoms with Gasteiger partial charge < -0.3 is 10.1 Å². The predicted molar refractivity (Wildman–Crippen MR) is 64.7 cm³/mol. The van der Waals surface area contributed by atoms with Crippen LogP contribution in [0, 0.1) is 6.92 Å². The number of methoxy groups -OCH3 is 1. The van der Waals surface area contributed by atoms with E-state index in [0.717, 1.165) is 11.8 Å². The highest BCUT2D eigenvalue weighted by molar-refractivity contribution is 9.10. The topological polar surface area (TPSA) is 73.2 Å². The van der Waals surface area contributed by atoms with Crippen LogP contribution in [0.1, 0.15) is 11.4 Å². The largest absolute Gasteiger partial charge is 0.468 e. The van der Waals surface area contributed by atoms with Crippen LogP contribution in [0.2, 0.25) is 0 Å². The first-order valence-electron chi connectivity index (χ1n) is 5.30. The highest BCUT2D eigenvalue weighted by atomic mass is 79.9. The molecule has 20 heavy (non-hydrogen) atoms. The zero-order chi connectivity index (χ0) is 15.5. The Morgan fingerprint density at radius 3 is 2.50 bits per heavy atom. The van der Waals surface area contributed by atoms with Crippen molar-refractivity contribution in [1.82, 2.24) is 15.1 Å². The van der Waals surface area contributed by atoms with Gasteiger partial charge in [0, 0.05) is 0 Å². The maximum Gasteiger partial charge on any atom is 0.436 e. The first kappa shape index (κ1) is 16.5. The number of alkyl halides is 3. The van der Waals surface area contributed by atoms with E-state index in [2.05, 4.69) is 31.1 Å². The van der Waals surface area contributed by atoms with Crippen LogP contribution in [0.4, 0.5) is 13.2 Å². The summed E-state index contributed by atoms with van der Waals surface area (Å²) in [5.41, 5.74) is -0.943. The molecule has 1 heterocycles. The van der Waals surface area contributed by atoms with Crippen LogP contribution in [-0.2, 0) is 27.0 Å². The molecule has 0 spiro atoms. The Kier molecular flexibility index (Phi) is 5.15. The Morgan fingerprint density at radius 1 is 1.45 bits per heavy atom. The number of nitrogens with zero attached hydrogens (tertiary/aromatic N) is 2. The van der Waals surface area contributed by atoms with E-state index in [1.165, 1.54) is 6.92 Å². The Labute approximate surface area is 120 Å². The Hall–Kier alpha value is -1.58. The van der Waals surface area contributed by atoms with Crippen molar-refractivity contribution in [2.45, 2.75) is 19.6 Å². The minimum absolute atomic E-state index is 0.158. The minimum atomic E-state index is -4.61. The summed E-state index contributed by atoms with van der Waals surface area (Å²) >= 11 is 2.79. The highest BCUT2D eigenvalue weighted by Crippen LogP contribution is 2.35. The normalized spacial score (nSPS) is 11.3. The van der Waals surface area contributed by atoms with Crippen LogP contribution in [0.5, 0.6) is 0 Å². The van der Waals surface area contributed by atoms with Gasteiger partial charge in [0.05, 0.1) is 17.3 Å². The average molecular weight is 358 g/mol. The molecule has 10 heteroatoms. The summed E-state index contributed by atoms with van der Waals surface area (Å²) in [6.45, 7) is 0.598. The number of aromatic nitrogens is 2. The first-order valence-corrected chi connectivity index (χ1v) is 6.09. The predicted octanol–water partition coefficient (Wildman–Crippen LogP) is 1.26. The van der Waals surface area contributed by atoms with E-state index < -0.39 is 30.3 Å². The van der Waals surface area contributed by atoms with Gasteiger partial charge in [0.25, 0.3) is 0 Å². The van der Waals surface area contributed by atoms with Crippen LogP contribution in [0.3, 0.4) is 0 Å². The zero-order valence-electron chi connectivity index (χ0n) is 10.5. The van der Waals surface area contributed by atoms with E-state index in [0.29, 0.717) is 0 Å². The van der Waals surface area contributed by atoms with Crippen LogP contribution in [0.15, 0.2) is 4.47 Å². The molecule has 0 saturated heterocycles. The van der Waals surface area contributed by atoms with Gasteiger partial charge >= 0.3 is 12.1 Å². The lowest BCUT2D eigenvalue weighted by Gasteiger charge is -2.05. The van der Waals surface area contributed by atoms with Gasteiger partial charge in [-0.05, 0) is 22.9 Å². The second-order valence-electron chi connectivity index (χ2n) is 3.76. The van der Waals surface area contributed by atoms with Crippen molar-refractivity contribution in [2.75, 3.05) is 13.7 Å². The van der Waals surface area contributed by atoms with Crippen molar-refractivity contribution in [3.05, 3.63) is 15.9 Å². The Morgan fingerprint density at radius 2 is 2.05 bits per heavy atom. The molecule has 6 nitrogen and oxygen atoms in total. The van der Waals surface area contributed by atoms with Crippen LogP contribution in [-0.4, -0.2) is 35.3 Å². The summed E-state index contributed by atoms with van der Waals surface area (Å²) in [6, 6.07) is 0. The number of halogens is 4. The summed E-state index contributed by atoms with van der Waals surface area (Å²) in [4.78, 5) is 22.3. The Balaban J connectivity index is 2.79. The SMILES string of the molecule is COC(=O)CNC(=O)Cn1nc(C(F)(F)F)c(Br)c1C. The number of hydrogen-bond donors (Lipinski definition) is 1. The summed E-state index contributed by atoms with van der Waals surface area (Å²) in [7, 11) is 1.15. The molecule has 0 atom stereocenters. The zero-order valence-corrected chi connectivity index (χ0v) is 12.1. The number of hydrogen-bond acceptors (Lipinski definition) is 4. The van der Waals surface area contributed by atoms with Crippen molar-refractivity contribution in [3.8, 4) is 0 Å². The molecule has 1 amide bonds. The van der Waals surface area contributed by atoms with Crippen molar-refractivity contribution in [1.29, 1.82) is 0 Å². The summed E-state index contributed by atoms with van der Waals surface area (Å²) < 4.78 is 42.8. The molecule has 1 rings (SSSR count). The number of rotatable bonds is 4. The van der Waals surface area contributed by atoms with Crippen LogP contribution < -0.4 is 5.32 Å². The lowest BCUT2D eigenvalue weighted by Crippen LogP contribution is -2.33. The molecular formula is C10H11BrF3N3O3. The van der Waals surface area contributed by atoms with Crippen molar-refractivity contribution < 1.29 is 27.5 Å². The quantitative estimate of drug-likeness (QED) is 0.823. The van der Waals surface area contributed by atoms with Gasteiger partial charge in [-0.25, -0.2) is 0 Å². The molecule has 0 aliphatic carbocycles. The molecule has 1 aromatic heterocycles. The van der Waals surface area contributed by atoms with Crippen molar-refractivity contribution in [3.63, 3.8) is 0 Å². The van der Waals surface area contributed by atoms with Gasteiger partial charge in [-0.3, -0.25) is 14.3 Å². The minimum Gasteiger partial charge on any atom is -0.468 e. The highest BCUT2D eigenvalue weighted by Gasteiger charge is 2.38. The van der Waals surface area contributed by atoms with Gasteiger partial charge in [0.15, 0.2) is 5.69 Å². The summed E-state index contributed by atoms with van der Waals surface area (Å²) in [5.74, 6) is -1.31. The van der Waals surface area contributed by atoms with E-state index in [-0.39, 0.29) is 16.7 Å². The van der Waals surface area contributed by atoms with Crippen molar-refractivity contribution in [2.24, 2.45) is 0 Å². The van der Waals surface area contributed by atoms with Crippen molar-refractivity contribution >= 4 is 27.8 Å². The monoisotopic (exact) mass is 357 g/mol. The number of ether oxygens (including phenoxy) is 1. The third kappa shape index (κ3) is 3.95. The maximum atomic E-state index is 12.6. The van der Waals surface area contributed by atoms with Gasteiger partial charge in [-0.2, -0.15) is 18.3 Å². The molecular weight excluding hydrogens is 347 g/mol. The molecule has 0 aliphatic heterocycles. The fourth-order valence-electron chi connectivity index (χ4n) is 1.29. The summed E-state index contributed by atoms with van der Waals surface area (Å²) in [5, 5.41) is 5.54. The molecule has 1 aromatic rings. The van der Waals surface area contributed by atoms with Crippen LogP contribution in [0.25, 0.3) is 0 Å². The number of amides is 1.